The summed E-state index contributed by atoms with van der Waals surface area (Å²) in [5.41, 5.74) is 8.86. The highest BCUT2D eigenvalue weighted by molar-refractivity contribution is 5.88. The van der Waals surface area contributed by atoms with Gasteiger partial charge in [0.1, 0.15) is 11.2 Å². The molecule has 2 aliphatic heterocycles. The lowest BCUT2D eigenvalue weighted by Crippen LogP contribution is -2.37. The van der Waals surface area contributed by atoms with Gasteiger partial charge in [-0.05, 0) is 19.4 Å². The molecule has 0 saturated carbocycles. The van der Waals surface area contributed by atoms with Gasteiger partial charge in [0.25, 0.3) is 0 Å². The van der Waals surface area contributed by atoms with Gasteiger partial charge >= 0.3 is 0 Å². The topological polar surface area (TPSA) is 111 Å². The molecule has 30 heavy (non-hydrogen) atoms. The van der Waals surface area contributed by atoms with Crippen LogP contribution in [0.1, 0.15) is 25.8 Å². The molecule has 2 fully saturated rings. The van der Waals surface area contributed by atoms with Crippen molar-refractivity contribution in [2.45, 2.75) is 25.8 Å². The Morgan fingerprint density at radius 3 is 2.47 bits per heavy atom. The summed E-state index contributed by atoms with van der Waals surface area (Å²) in [4.78, 5) is 27.5. The number of nitrogens with two attached hydrogens (primary N) is 1. The van der Waals surface area contributed by atoms with Crippen LogP contribution in [0.2, 0.25) is 0 Å². The van der Waals surface area contributed by atoms with Crippen molar-refractivity contribution < 1.29 is 4.74 Å². The van der Waals surface area contributed by atoms with E-state index in [-0.39, 0.29) is 5.95 Å². The number of imidazole rings is 1. The Morgan fingerprint density at radius 2 is 1.77 bits per heavy atom. The average molecular weight is 409 g/mol. The van der Waals surface area contributed by atoms with Crippen molar-refractivity contribution in [1.29, 1.82) is 0 Å². The predicted octanol–water partition coefficient (Wildman–Crippen LogP) is 1.36. The molecule has 10 heteroatoms. The summed E-state index contributed by atoms with van der Waals surface area (Å²) in [6.07, 6.45) is 7.50. The van der Waals surface area contributed by atoms with Gasteiger partial charge in [-0.2, -0.15) is 4.98 Å². The van der Waals surface area contributed by atoms with E-state index in [4.69, 9.17) is 25.4 Å². The van der Waals surface area contributed by atoms with Crippen molar-refractivity contribution >= 4 is 23.1 Å². The van der Waals surface area contributed by atoms with Gasteiger partial charge in [-0.15, -0.1) is 0 Å². The van der Waals surface area contributed by atoms with E-state index in [2.05, 4.69) is 31.3 Å². The molecule has 2 N–H and O–H groups in total. The number of rotatable bonds is 4. The molecule has 0 unspecified atom stereocenters. The van der Waals surface area contributed by atoms with Crippen molar-refractivity contribution in [2.24, 2.45) is 0 Å². The van der Waals surface area contributed by atoms with E-state index < -0.39 is 0 Å². The zero-order valence-electron chi connectivity index (χ0n) is 17.2. The zero-order valence-corrected chi connectivity index (χ0v) is 17.2. The number of likely N-dealkylation sites (tertiary alicyclic amines) is 1. The number of hydrogen-bond acceptors (Lipinski definition) is 9. The van der Waals surface area contributed by atoms with Crippen LogP contribution in [0.3, 0.4) is 0 Å². The minimum atomic E-state index is 0.241. The van der Waals surface area contributed by atoms with Crippen LogP contribution in [-0.4, -0.2) is 80.3 Å². The first kappa shape index (κ1) is 19.1. The molecule has 0 aliphatic carbocycles. The third-order valence-electron chi connectivity index (χ3n) is 6.05. The number of morpholine rings is 1. The Balaban J connectivity index is 1.59. The van der Waals surface area contributed by atoms with Gasteiger partial charge in [-0.3, -0.25) is 0 Å². The zero-order chi connectivity index (χ0) is 20.5. The minimum Gasteiger partial charge on any atom is -0.378 e. The van der Waals surface area contributed by atoms with Crippen molar-refractivity contribution in [3.63, 3.8) is 0 Å². The van der Waals surface area contributed by atoms with Crippen molar-refractivity contribution in [3.05, 3.63) is 18.7 Å². The highest BCUT2D eigenvalue weighted by Crippen LogP contribution is 2.31. The van der Waals surface area contributed by atoms with Gasteiger partial charge in [-0.1, -0.05) is 6.92 Å². The largest absolute Gasteiger partial charge is 0.378 e. The van der Waals surface area contributed by atoms with Crippen LogP contribution >= 0.6 is 0 Å². The summed E-state index contributed by atoms with van der Waals surface area (Å²) in [6.45, 7) is 8.41. The summed E-state index contributed by atoms with van der Waals surface area (Å²) in [5, 5.41) is 0. The molecule has 5 rings (SSSR count). The molecule has 10 nitrogen and oxygen atoms in total. The van der Waals surface area contributed by atoms with Crippen LogP contribution in [-0.2, 0) is 4.74 Å². The molecule has 0 atom stereocenters. The fourth-order valence-corrected chi connectivity index (χ4v) is 4.25. The number of anilines is 2. The number of aromatic nitrogens is 6. The fraction of sp³-hybridized carbons (Fsp3) is 0.550. The van der Waals surface area contributed by atoms with Crippen LogP contribution in [0.15, 0.2) is 18.7 Å². The van der Waals surface area contributed by atoms with Gasteiger partial charge in [0.05, 0.1) is 19.5 Å². The lowest BCUT2D eigenvalue weighted by Gasteiger charge is -2.32. The van der Waals surface area contributed by atoms with E-state index in [1.165, 1.54) is 0 Å². The monoisotopic (exact) mass is 409 g/mol. The van der Waals surface area contributed by atoms with E-state index >= 15 is 0 Å². The lowest BCUT2D eigenvalue weighted by atomic mass is 10.0. The maximum absolute atomic E-state index is 5.69. The van der Waals surface area contributed by atoms with Gasteiger partial charge in [0.15, 0.2) is 5.65 Å². The molecule has 5 heterocycles. The Bertz CT molecular complexity index is 1010. The first-order valence-corrected chi connectivity index (χ1v) is 10.6. The SMILES string of the molecule is CCN1CCC(n2cnc3c(-c4cnc(N)nc4)nc(N4CCOCC4)nc32)CC1. The Hall–Kier alpha value is -2.85. The van der Waals surface area contributed by atoms with Crippen LogP contribution in [0, 0.1) is 0 Å². The molecule has 0 amide bonds. The Kier molecular flexibility index (Phi) is 5.17. The van der Waals surface area contributed by atoms with Crippen LogP contribution in [0.25, 0.3) is 22.4 Å². The van der Waals surface area contributed by atoms with Gasteiger partial charge in [0.2, 0.25) is 11.9 Å². The van der Waals surface area contributed by atoms with E-state index in [0.29, 0.717) is 25.2 Å². The summed E-state index contributed by atoms with van der Waals surface area (Å²) in [7, 11) is 0. The number of hydrogen-bond donors (Lipinski definition) is 1. The average Bonchev–Trinajstić information content (AvgIpc) is 3.24. The molecule has 3 aromatic heterocycles. The molecule has 158 valence electrons. The molecule has 0 radical (unpaired) electrons. The van der Waals surface area contributed by atoms with Crippen molar-refractivity contribution in [1.82, 2.24) is 34.4 Å². The first-order valence-electron chi connectivity index (χ1n) is 10.6. The van der Waals surface area contributed by atoms with Crippen molar-refractivity contribution in [2.75, 3.05) is 56.6 Å². The standard InChI is InChI=1S/C20H27N9O/c1-2-27-5-3-15(4-6-27)29-13-24-17-16(14-11-22-19(21)23-12-14)25-20(26-18(17)29)28-7-9-30-10-8-28/h11-13,15H,2-10H2,1H3,(H2,21,22,23). The molecular formula is C20H27N9O. The maximum atomic E-state index is 5.69. The van der Waals surface area contributed by atoms with Crippen LogP contribution in [0.5, 0.6) is 0 Å². The number of nitrogen functional groups attached to an aromatic ring is 1. The number of piperidine rings is 1. The lowest BCUT2D eigenvalue weighted by molar-refractivity contribution is 0.122. The van der Waals surface area contributed by atoms with Crippen LogP contribution in [0.4, 0.5) is 11.9 Å². The second-order valence-electron chi connectivity index (χ2n) is 7.79. The Labute approximate surface area is 175 Å². The van der Waals surface area contributed by atoms with E-state index in [1.807, 2.05) is 6.33 Å². The summed E-state index contributed by atoms with van der Waals surface area (Å²) in [6, 6.07) is 0.390. The molecule has 0 aromatic carbocycles. The number of fused-ring (bicyclic) bond motifs is 1. The highest BCUT2D eigenvalue weighted by Gasteiger charge is 2.25. The van der Waals surface area contributed by atoms with Gasteiger partial charge < -0.3 is 24.8 Å². The second kappa shape index (κ2) is 8.11. The third-order valence-corrected chi connectivity index (χ3v) is 6.05. The number of nitrogens with zero attached hydrogens (tertiary/aromatic N) is 8. The Morgan fingerprint density at radius 1 is 1.03 bits per heavy atom. The summed E-state index contributed by atoms with van der Waals surface area (Å²) >= 11 is 0. The third kappa shape index (κ3) is 3.56. The molecule has 0 spiro atoms. The van der Waals surface area contributed by atoms with Gasteiger partial charge in [0, 0.05) is 50.2 Å². The molecule has 0 bridgehead atoms. The summed E-state index contributed by atoms with van der Waals surface area (Å²) < 4.78 is 7.74. The van der Waals surface area contributed by atoms with Crippen LogP contribution < -0.4 is 10.6 Å². The highest BCUT2D eigenvalue weighted by atomic mass is 16.5. The minimum absolute atomic E-state index is 0.241. The predicted molar refractivity (Wildman–Crippen MR) is 114 cm³/mol. The second-order valence-corrected chi connectivity index (χ2v) is 7.79. The molecule has 3 aromatic rings. The smallest absolute Gasteiger partial charge is 0.228 e. The first-order chi connectivity index (χ1) is 14.7. The maximum Gasteiger partial charge on any atom is 0.228 e. The van der Waals surface area contributed by atoms with Crippen molar-refractivity contribution in [3.8, 4) is 11.3 Å². The molecular weight excluding hydrogens is 382 g/mol. The van der Waals surface area contributed by atoms with Gasteiger partial charge in [-0.25, -0.2) is 19.9 Å². The van der Waals surface area contributed by atoms with E-state index in [1.54, 1.807) is 12.4 Å². The molecule has 2 aliphatic rings. The normalized spacial score (nSPS) is 18.9. The van der Waals surface area contributed by atoms with E-state index in [0.717, 1.165) is 68.0 Å². The summed E-state index contributed by atoms with van der Waals surface area (Å²) in [5.74, 6) is 0.941. The number of ether oxygens (including phenoxy) is 1. The molecule has 2 saturated heterocycles. The quantitative estimate of drug-likeness (QED) is 0.682. The fourth-order valence-electron chi connectivity index (χ4n) is 4.25. The van der Waals surface area contributed by atoms with E-state index in [9.17, 15) is 0 Å².